The Morgan fingerprint density at radius 3 is 1.71 bits per heavy atom. The van der Waals surface area contributed by atoms with Crippen molar-refractivity contribution in [3.63, 3.8) is 0 Å². The molecule has 0 aliphatic rings. The Bertz CT molecular complexity index is 2470. The molecule has 3 heterocycles. The van der Waals surface area contributed by atoms with Crippen LogP contribution in [0.5, 0.6) is 0 Å². The van der Waals surface area contributed by atoms with E-state index in [4.69, 9.17) is 5.10 Å². The zero-order valence-electron chi connectivity index (χ0n) is 27.6. The Labute approximate surface area is 295 Å². The first-order valence-corrected chi connectivity index (χ1v) is 18.3. The molecule has 5 aromatic carbocycles. The lowest BCUT2D eigenvalue weighted by molar-refractivity contribution is 0.461. The molecule has 0 fully saturated rings. The summed E-state index contributed by atoms with van der Waals surface area (Å²) >= 11 is 0. The monoisotopic (exact) mass is 689 g/mol. The third-order valence-corrected chi connectivity index (χ3v) is 9.66. The van der Waals surface area contributed by atoms with Gasteiger partial charge in [-0.15, -0.1) is 0 Å². The standard InChI is InChI=1S/C42H32FN5O2S/c1-51(49,50)46-37-24-19-30(20-25-37)39-27-44-40-26-21-32(28-47(39)40)38-29-48(45-41(38)31-17-22-36(43)23-18-31)42(33-11-5-2-6-12-33,34-13-7-3-8-14-34)35-15-9-4-10-16-35/h2-29,46H,1H3. The van der Waals surface area contributed by atoms with Crippen LogP contribution in [0.2, 0.25) is 0 Å². The lowest BCUT2D eigenvalue weighted by atomic mass is 9.77. The fourth-order valence-corrected chi connectivity index (χ4v) is 7.35. The zero-order chi connectivity index (χ0) is 35.0. The third-order valence-electron chi connectivity index (χ3n) is 9.05. The molecule has 0 aliphatic heterocycles. The van der Waals surface area contributed by atoms with Crippen LogP contribution in [0.4, 0.5) is 10.1 Å². The summed E-state index contributed by atoms with van der Waals surface area (Å²) in [7, 11) is -3.40. The van der Waals surface area contributed by atoms with E-state index in [1.54, 1.807) is 30.5 Å². The zero-order valence-corrected chi connectivity index (χ0v) is 28.4. The number of nitrogens with one attached hydrogen (secondary N) is 1. The number of halogens is 1. The van der Waals surface area contributed by atoms with Crippen molar-refractivity contribution in [3.8, 4) is 33.6 Å². The topological polar surface area (TPSA) is 81.3 Å². The average Bonchev–Trinajstić information content (AvgIpc) is 3.79. The summed E-state index contributed by atoms with van der Waals surface area (Å²) in [6, 6.07) is 48.6. The van der Waals surface area contributed by atoms with E-state index in [1.807, 2.05) is 94.1 Å². The Morgan fingerprint density at radius 2 is 1.16 bits per heavy atom. The van der Waals surface area contributed by atoms with Gasteiger partial charge in [-0.05, 0) is 65.2 Å². The van der Waals surface area contributed by atoms with E-state index in [0.717, 1.165) is 56.5 Å². The summed E-state index contributed by atoms with van der Waals surface area (Å²) < 4.78 is 44.4. The fourth-order valence-electron chi connectivity index (χ4n) is 6.79. The van der Waals surface area contributed by atoms with E-state index >= 15 is 0 Å². The van der Waals surface area contributed by atoms with Crippen LogP contribution in [0.15, 0.2) is 170 Å². The predicted molar refractivity (Wildman–Crippen MR) is 200 cm³/mol. The van der Waals surface area contributed by atoms with Crippen molar-refractivity contribution >= 4 is 21.4 Å². The van der Waals surface area contributed by atoms with Crippen LogP contribution in [0.25, 0.3) is 39.3 Å². The number of aromatic nitrogens is 4. The molecular formula is C42H32FN5O2S. The second-order valence-electron chi connectivity index (χ2n) is 12.4. The normalized spacial score (nSPS) is 11.9. The smallest absolute Gasteiger partial charge is 0.229 e. The summed E-state index contributed by atoms with van der Waals surface area (Å²) in [5, 5.41) is 5.39. The molecular weight excluding hydrogens is 658 g/mol. The summed E-state index contributed by atoms with van der Waals surface area (Å²) in [6.07, 6.45) is 7.03. The minimum absolute atomic E-state index is 0.325. The molecule has 0 saturated carbocycles. The van der Waals surface area contributed by atoms with Gasteiger partial charge >= 0.3 is 0 Å². The lowest BCUT2D eigenvalue weighted by Gasteiger charge is -2.36. The molecule has 8 aromatic rings. The summed E-state index contributed by atoms with van der Waals surface area (Å²) in [5.74, 6) is -0.325. The molecule has 0 bridgehead atoms. The number of imidazole rings is 1. The molecule has 9 heteroatoms. The Kier molecular flexibility index (Phi) is 8.04. The van der Waals surface area contributed by atoms with Crippen molar-refractivity contribution in [2.45, 2.75) is 5.54 Å². The number of fused-ring (bicyclic) bond motifs is 1. The van der Waals surface area contributed by atoms with Crippen LogP contribution in [0, 0.1) is 5.82 Å². The van der Waals surface area contributed by atoms with Gasteiger partial charge in [-0.2, -0.15) is 5.10 Å². The number of pyridine rings is 1. The molecule has 0 amide bonds. The molecule has 0 aliphatic carbocycles. The Balaban J connectivity index is 1.36. The van der Waals surface area contributed by atoms with Crippen LogP contribution < -0.4 is 4.72 Å². The van der Waals surface area contributed by atoms with E-state index < -0.39 is 15.6 Å². The van der Waals surface area contributed by atoms with Crippen molar-refractivity contribution in [1.29, 1.82) is 0 Å². The quantitative estimate of drug-likeness (QED) is 0.154. The SMILES string of the molecule is CS(=O)(=O)Nc1ccc(-c2cnc3ccc(-c4cn(C(c5ccccc5)(c5ccccc5)c5ccccc5)nc4-c4ccc(F)cc4)cn23)cc1. The van der Waals surface area contributed by atoms with E-state index in [-0.39, 0.29) is 5.82 Å². The fraction of sp³-hybridized carbons (Fsp3) is 0.0476. The average molecular weight is 690 g/mol. The number of nitrogens with zero attached hydrogens (tertiary/aromatic N) is 4. The Morgan fingerprint density at radius 1 is 0.627 bits per heavy atom. The predicted octanol–water partition coefficient (Wildman–Crippen LogP) is 8.88. The molecule has 0 atom stereocenters. The highest BCUT2D eigenvalue weighted by Crippen LogP contribution is 2.43. The number of rotatable bonds is 9. The highest BCUT2D eigenvalue weighted by molar-refractivity contribution is 7.92. The maximum atomic E-state index is 14.3. The van der Waals surface area contributed by atoms with E-state index in [0.29, 0.717) is 11.4 Å². The molecule has 0 spiro atoms. The van der Waals surface area contributed by atoms with Crippen molar-refractivity contribution in [2.75, 3.05) is 11.0 Å². The molecule has 0 unspecified atom stereocenters. The Hall–Kier alpha value is -6.32. The van der Waals surface area contributed by atoms with Gasteiger partial charge < -0.3 is 0 Å². The first kappa shape index (κ1) is 31.9. The molecule has 1 N–H and O–H groups in total. The second kappa shape index (κ2) is 12.9. The molecule has 7 nitrogen and oxygen atoms in total. The molecule has 0 saturated heterocycles. The molecule has 51 heavy (non-hydrogen) atoms. The van der Waals surface area contributed by atoms with Gasteiger partial charge in [-0.3, -0.25) is 13.8 Å². The molecule has 250 valence electrons. The largest absolute Gasteiger partial charge is 0.299 e. The van der Waals surface area contributed by atoms with E-state index in [9.17, 15) is 12.8 Å². The highest BCUT2D eigenvalue weighted by atomic mass is 32.2. The van der Waals surface area contributed by atoms with E-state index in [2.05, 4.69) is 52.3 Å². The van der Waals surface area contributed by atoms with Crippen molar-refractivity contribution < 1.29 is 12.8 Å². The van der Waals surface area contributed by atoms with Crippen LogP contribution in [-0.4, -0.2) is 33.8 Å². The van der Waals surface area contributed by atoms with Crippen molar-refractivity contribution in [3.05, 3.63) is 193 Å². The van der Waals surface area contributed by atoms with Gasteiger partial charge in [0, 0.05) is 40.3 Å². The van der Waals surface area contributed by atoms with Gasteiger partial charge in [-0.1, -0.05) is 103 Å². The van der Waals surface area contributed by atoms with Gasteiger partial charge in [0.25, 0.3) is 0 Å². The second-order valence-corrected chi connectivity index (χ2v) is 14.1. The number of benzene rings is 5. The summed E-state index contributed by atoms with van der Waals surface area (Å²) in [4.78, 5) is 4.65. The van der Waals surface area contributed by atoms with Crippen molar-refractivity contribution in [1.82, 2.24) is 19.2 Å². The molecule has 0 radical (unpaired) electrons. The maximum absolute atomic E-state index is 14.3. The molecule has 8 rings (SSSR count). The van der Waals surface area contributed by atoms with Crippen LogP contribution in [-0.2, 0) is 15.6 Å². The van der Waals surface area contributed by atoms with Gasteiger partial charge in [0.2, 0.25) is 10.0 Å². The van der Waals surface area contributed by atoms with Gasteiger partial charge in [0.05, 0.1) is 18.1 Å². The number of sulfonamides is 1. The maximum Gasteiger partial charge on any atom is 0.229 e. The molecule has 3 aromatic heterocycles. The summed E-state index contributed by atoms with van der Waals surface area (Å²) in [6.45, 7) is 0. The van der Waals surface area contributed by atoms with Crippen molar-refractivity contribution in [2.24, 2.45) is 0 Å². The first-order chi connectivity index (χ1) is 24.8. The highest BCUT2D eigenvalue weighted by Gasteiger charge is 2.40. The lowest BCUT2D eigenvalue weighted by Crippen LogP contribution is -2.38. The van der Waals surface area contributed by atoms with Crippen LogP contribution in [0.3, 0.4) is 0 Å². The third kappa shape index (κ3) is 5.98. The minimum Gasteiger partial charge on any atom is -0.299 e. The number of hydrogen-bond acceptors (Lipinski definition) is 4. The van der Waals surface area contributed by atoms with Crippen LogP contribution in [0.1, 0.15) is 16.7 Å². The minimum atomic E-state index is -3.40. The number of anilines is 1. The van der Waals surface area contributed by atoms with E-state index in [1.165, 1.54) is 12.1 Å². The van der Waals surface area contributed by atoms with Crippen LogP contribution >= 0.6 is 0 Å². The first-order valence-electron chi connectivity index (χ1n) is 16.4. The van der Waals surface area contributed by atoms with Gasteiger partial charge in [0.1, 0.15) is 22.7 Å². The van der Waals surface area contributed by atoms with Gasteiger partial charge in [-0.25, -0.2) is 17.8 Å². The summed E-state index contributed by atoms with van der Waals surface area (Å²) in [5.41, 5.74) is 8.35. The number of hydrogen-bond donors (Lipinski definition) is 1. The van der Waals surface area contributed by atoms with Gasteiger partial charge in [0.15, 0.2) is 0 Å².